The Labute approximate surface area is 92.4 Å². The molecule has 0 amide bonds. The van der Waals surface area contributed by atoms with Crippen LogP contribution in [0.4, 0.5) is 0 Å². The summed E-state index contributed by atoms with van der Waals surface area (Å²) in [5, 5.41) is 21.6. The van der Waals surface area contributed by atoms with Crippen LogP contribution in [0.5, 0.6) is 0 Å². The minimum Gasteiger partial charge on any atom is -0.469 e. The van der Waals surface area contributed by atoms with E-state index in [2.05, 4.69) is 14.8 Å². The number of aliphatic hydroxyl groups is 2. The van der Waals surface area contributed by atoms with Gasteiger partial charge in [0.15, 0.2) is 0 Å². The van der Waals surface area contributed by atoms with E-state index in [0.717, 1.165) is 0 Å². The van der Waals surface area contributed by atoms with E-state index in [9.17, 15) is 9.90 Å². The number of esters is 1. The van der Waals surface area contributed by atoms with Gasteiger partial charge in [0.1, 0.15) is 0 Å². The van der Waals surface area contributed by atoms with Gasteiger partial charge in [0.25, 0.3) is 0 Å². The Hall–Kier alpha value is -1.34. The highest BCUT2D eigenvalue weighted by molar-refractivity contribution is 5.69. The van der Waals surface area contributed by atoms with Crippen molar-refractivity contribution in [2.45, 2.75) is 18.6 Å². The quantitative estimate of drug-likeness (QED) is 0.255. The van der Waals surface area contributed by atoms with Crippen LogP contribution in [0.15, 0.2) is 5.11 Å². The SMILES string of the molecule is COC(=O)CC(O)COCC(O)CN=[N+]=[N-]. The molecule has 0 aromatic heterocycles. The maximum atomic E-state index is 10.7. The lowest BCUT2D eigenvalue weighted by Gasteiger charge is -2.12. The van der Waals surface area contributed by atoms with Crippen molar-refractivity contribution < 1.29 is 24.5 Å². The summed E-state index contributed by atoms with van der Waals surface area (Å²) in [6.45, 7) is -0.261. The summed E-state index contributed by atoms with van der Waals surface area (Å²) >= 11 is 0. The van der Waals surface area contributed by atoms with Gasteiger partial charge in [0, 0.05) is 4.91 Å². The Balaban J connectivity index is 3.56. The molecular formula is C8H15N3O5. The third-order valence-corrected chi connectivity index (χ3v) is 1.61. The van der Waals surface area contributed by atoms with E-state index >= 15 is 0 Å². The summed E-state index contributed by atoms with van der Waals surface area (Å²) in [6, 6.07) is 0. The Morgan fingerprint density at radius 3 is 2.62 bits per heavy atom. The van der Waals surface area contributed by atoms with Crippen LogP contribution in [-0.2, 0) is 14.3 Å². The number of methoxy groups -OCH3 is 1. The number of nitrogens with zero attached hydrogens (tertiary/aromatic N) is 3. The van der Waals surface area contributed by atoms with Crippen LogP contribution >= 0.6 is 0 Å². The number of rotatable bonds is 8. The van der Waals surface area contributed by atoms with Gasteiger partial charge in [-0.3, -0.25) is 4.79 Å². The first-order valence-corrected chi connectivity index (χ1v) is 4.61. The van der Waals surface area contributed by atoms with Crippen molar-refractivity contribution in [3.05, 3.63) is 10.4 Å². The zero-order chi connectivity index (χ0) is 12.4. The number of ether oxygens (including phenoxy) is 2. The molecule has 2 atom stereocenters. The Morgan fingerprint density at radius 1 is 1.44 bits per heavy atom. The molecule has 92 valence electrons. The number of carbonyl (C=O) groups excluding carboxylic acids is 1. The van der Waals surface area contributed by atoms with Crippen LogP contribution in [0.25, 0.3) is 10.4 Å². The molecule has 0 aromatic carbocycles. The number of azide groups is 1. The zero-order valence-corrected chi connectivity index (χ0v) is 8.94. The van der Waals surface area contributed by atoms with Crippen molar-refractivity contribution in [1.82, 2.24) is 0 Å². The fraction of sp³-hybridized carbons (Fsp3) is 0.875. The van der Waals surface area contributed by atoms with Gasteiger partial charge in [-0.2, -0.15) is 0 Å². The van der Waals surface area contributed by atoms with Gasteiger partial charge < -0.3 is 19.7 Å². The molecule has 2 unspecified atom stereocenters. The van der Waals surface area contributed by atoms with Gasteiger partial charge in [-0.15, -0.1) is 0 Å². The van der Waals surface area contributed by atoms with Crippen LogP contribution in [0, 0.1) is 0 Å². The molecule has 0 spiro atoms. The van der Waals surface area contributed by atoms with Crippen molar-refractivity contribution >= 4 is 5.97 Å². The molecule has 0 bridgehead atoms. The highest BCUT2D eigenvalue weighted by atomic mass is 16.5. The molecule has 0 rings (SSSR count). The van der Waals surface area contributed by atoms with Crippen LogP contribution in [0.3, 0.4) is 0 Å². The summed E-state index contributed by atoms with van der Waals surface area (Å²) in [6.07, 6.45) is -2.05. The van der Waals surface area contributed by atoms with Gasteiger partial charge in [-0.1, -0.05) is 5.11 Å². The summed E-state index contributed by atoms with van der Waals surface area (Å²) < 4.78 is 9.25. The molecular weight excluding hydrogens is 218 g/mol. The van der Waals surface area contributed by atoms with Crippen molar-refractivity contribution in [3.63, 3.8) is 0 Å². The molecule has 0 saturated carbocycles. The minimum absolute atomic E-state index is 0.0722. The first-order valence-electron chi connectivity index (χ1n) is 4.61. The molecule has 0 aromatic rings. The Bertz CT molecular complexity index is 254. The number of hydrogen-bond acceptors (Lipinski definition) is 6. The van der Waals surface area contributed by atoms with E-state index in [1.165, 1.54) is 7.11 Å². The van der Waals surface area contributed by atoms with Crippen LogP contribution < -0.4 is 0 Å². The average Bonchev–Trinajstić information content (AvgIpc) is 2.26. The lowest BCUT2D eigenvalue weighted by molar-refractivity contribution is -0.143. The summed E-state index contributed by atoms with van der Waals surface area (Å²) in [5.41, 5.74) is 7.97. The molecule has 0 saturated heterocycles. The fourth-order valence-corrected chi connectivity index (χ4v) is 0.858. The summed E-state index contributed by atoms with van der Waals surface area (Å²) in [7, 11) is 1.22. The van der Waals surface area contributed by atoms with Crippen molar-refractivity contribution in [2.75, 3.05) is 26.9 Å². The highest BCUT2D eigenvalue weighted by Crippen LogP contribution is 1.96. The van der Waals surface area contributed by atoms with Gasteiger partial charge in [-0.25, -0.2) is 0 Å². The Morgan fingerprint density at radius 2 is 2.06 bits per heavy atom. The molecule has 0 fully saturated rings. The van der Waals surface area contributed by atoms with Gasteiger partial charge >= 0.3 is 5.97 Å². The number of hydrogen-bond donors (Lipinski definition) is 2. The van der Waals surface area contributed by atoms with Crippen LogP contribution in [0.1, 0.15) is 6.42 Å². The number of aliphatic hydroxyl groups excluding tert-OH is 2. The predicted molar refractivity (Wildman–Crippen MR) is 53.5 cm³/mol. The lowest BCUT2D eigenvalue weighted by atomic mass is 10.3. The number of carbonyl (C=O) groups is 1. The maximum Gasteiger partial charge on any atom is 0.308 e. The molecule has 0 aliphatic heterocycles. The van der Waals surface area contributed by atoms with Crippen molar-refractivity contribution in [3.8, 4) is 0 Å². The molecule has 0 aliphatic carbocycles. The van der Waals surface area contributed by atoms with Gasteiger partial charge in [0.05, 0.1) is 45.5 Å². The zero-order valence-electron chi connectivity index (χ0n) is 8.94. The first kappa shape index (κ1) is 14.7. The monoisotopic (exact) mass is 233 g/mol. The standard InChI is InChI=1S/C8H15N3O5/c1-15-8(14)2-6(12)4-16-5-7(13)3-10-11-9/h6-7,12-13H,2-5H2,1H3. The minimum atomic E-state index is -0.973. The van der Waals surface area contributed by atoms with E-state index in [4.69, 9.17) is 15.4 Å². The summed E-state index contributed by atoms with van der Waals surface area (Å²) in [5.74, 6) is -0.536. The predicted octanol–water partition coefficient (Wildman–Crippen LogP) is -0.402. The largest absolute Gasteiger partial charge is 0.469 e. The van der Waals surface area contributed by atoms with Crippen LogP contribution in [0.2, 0.25) is 0 Å². The van der Waals surface area contributed by atoms with E-state index in [1.54, 1.807) is 0 Å². The third-order valence-electron chi connectivity index (χ3n) is 1.61. The summed E-state index contributed by atoms with van der Waals surface area (Å²) in [4.78, 5) is 13.2. The van der Waals surface area contributed by atoms with Crippen molar-refractivity contribution in [2.24, 2.45) is 5.11 Å². The lowest BCUT2D eigenvalue weighted by Crippen LogP contribution is -2.25. The molecule has 0 aliphatic rings. The van der Waals surface area contributed by atoms with Crippen LogP contribution in [-0.4, -0.2) is 55.3 Å². The fourth-order valence-electron chi connectivity index (χ4n) is 0.858. The molecule has 2 N–H and O–H groups in total. The maximum absolute atomic E-state index is 10.7. The van der Waals surface area contributed by atoms with Crippen molar-refractivity contribution in [1.29, 1.82) is 0 Å². The second-order valence-corrected chi connectivity index (χ2v) is 3.04. The second-order valence-electron chi connectivity index (χ2n) is 3.04. The average molecular weight is 233 g/mol. The van der Waals surface area contributed by atoms with Gasteiger partial charge in [0.2, 0.25) is 0 Å². The van der Waals surface area contributed by atoms with E-state index in [-0.39, 0.29) is 26.2 Å². The smallest absolute Gasteiger partial charge is 0.308 e. The van der Waals surface area contributed by atoms with E-state index in [1.807, 2.05) is 0 Å². The molecule has 0 radical (unpaired) electrons. The molecule has 0 heterocycles. The molecule has 8 heteroatoms. The first-order chi connectivity index (χ1) is 7.60. The second kappa shape index (κ2) is 8.93. The van der Waals surface area contributed by atoms with E-state index in [0.29, 0.717) is 0 Å². The van der Waals surface area contributed by atoms with Gasteiger partial charge in [-0.05, 0) is 5.53 Å². The molecule has 16 heavy (non-hydrogen) atoms. The topological polar surface area (TPSA) is 125 Å². The normalized spacial score (nSPS) is 13.7. The third kappa shape index (κ3) is 8.01. The van der Waals surface area contributed by atoms with E-state index < -0.39 is 18.2 Å². The highest BCUT2D eigenvalue weighted by Gasteiger charge is 2.12. The Kier molecular flexibility index (Phi) is 8.18. The molecule has 8 nitrogen and oxygen atoms in total.